The second kappa shape index (κ2) is 8.61. The molecule has 1 unspecified atom stereocenters. The minimum Gasteiger partial charge on any atom is -0.339 e. The Morgan fingerprint density at radius 1 is 1.21 bits per heavy atom. The predicted octanol–water partition coefficient (Wildman–Crippen LogP) is 3.53. The summed E-state index contributed by atoms with van der Waals surface area (Å²) in [7, 11) is 0. The molecule has 2 fully saturated rings. The van der Waals surface area contributed by atoms with Crippen molar-refractivity contribution in [2.45, 2.75) is 57.4 Å². The summed E-state index contributed by atoms with van der Waals surface area (Å²) in [6, 6.07) is 7.29. The number of nitrogens with zero attached hydrogens (tertiary/aromatic N) is 1. The van der Waals surface area contributed by atoms with Crippen molar-refractivity contribution in [3.8, 4) is 0 Å². The molecule has 0 spiro atoms. The molecule has 0 aromatic heterocycles. The third-order valence-corrected chi connectivity index (χ3v) is 5.59. The Bertz CT molecular complexity index is 536. The Labute approximate surface area is 144 Å². The lowest BCUT2D eigenvalue weighted by Crippen LogP contribution is -2.40. The Morgan fingerprint density at radius 2 is 2.00 bits per heavy atom. The highest BCUT2D eigenvalue weighted by Gasteiger charge is 2.27. The Balaban J connectivity index is 1.57. The number of benzene rings is 1. The highest BCUT2D eigenvalue weighted by Crippen LogP contribution is 2.25. The van der Waals surface area contributed by atoms with Crippen molar-refractivity contribution in [1.29, 1.82) is 0 Å². The van der Waals surface area contributed by atoms with Gasteiger partial charge in [-0.15, -0.1) is 0 Å². The van der Waals surface area contributed by atoms with Crippen molar-refractivity contribution in [2.75, 3.05) is 19.6 Å². The van der Waals surface area contributed by atoms with E-state index < -0.39 is 0 Å². The van der Waals surface area contributed by atoms with Crippen LogP contribution >= 0.6 is 0 Å². The summed E-state index contributed by atoms with van der Waals surface area (Å²) in [5.41, 5.74) is 0.716. The molecule has 24 heavy (non-hydrogen) atoms. The zero-order valence-electron chi connectivity index (χ0n) is 14.5. The third-order valence-electron chi connectivity index (χ3n) is 5.59. The summed E-state index contributed by atoms with van der Waals surface area (Å²) in [6.45, 7) is 2.78. The van der Waals surface area contributed by atoms with Crippen molar-refractivity contribution in [2.24, 2.45) is 5.92 Å². The normalized spacial score (nSPS) is 21.3. The summed E-state index contributed by atoms with van der Waals surface area (Å²) in [5.74, 6) is 0.754. The fourth-order valence-corrected chi connectivity index (χ4v) is 4.10. The van der Waals surface area contributed by atoms with Gasteiger partial charge in [-0.1, -0.05) is 31.0 Å². The number of nitrogens with one attached hydrogen (secondary N) is 1. The average Bonchev–Trinajstić information content (AvgIpc) is 3.28. The van der Waals surface area contributed by atoms with Gasteiger partial charge in [-0.2, -0.15) is 0 Å². The van der Waals surface area contributed by atoms with Gasteiger partial charge in [0.1, 0.15) is 5.82 Å². The van der Waals surface area contributed by atoms with Crippen LogP contribution in [0.5, 0.6) is 0 Å². The lowest BCUT2D eigenvalue weighted by atomic mass is 10.0. The standard InChI is InChI=1S/C20H29FN2O/c21-19-8-4-1-5-17(19)12-14-23(18-6-2-3-7-18)20(24)10-9-16-11-13-22-15-16/h1,4-5,8,16,18,22H,2-3,6-7,9-15H2. The minimum atomic E-state index is -0.159. The van der Waals surface area contributed by atoms with Gasteiger partial charge >= 0.3 is 0 Å². The number of carbonyl (C=O) groups excluding carboxylic acids is 1. The van der Waals surface area contributed by atoms with Crippen LogP contribution in [-0.4, -0.2) is 36.5 Å². The van der Waals surface area contributed by atoms with Crippen LogP contribution in [0.15, 0.2) is 24.3 Å². The van der Waals surface area contributed by atoms with Crippen LogP contribution in [0.4, 0.5) is 4.39 Å². The molecule has 1 aromatic rings. The summed E-state index contributed by atoms with van der Waals surface area (Å²) >= 11 is 0. The topological polar surface area (TPSA) is 32.3 Å². The molecule has 1 aliphatic carbocycles. The molecule has 2 aliphatic rings. The molecule has 1 amide bonds. The maximum absolute atomic E-state index is 13.9. The van der Waals surface area contributed by atoms with Gasteiger partial charge < -0.3 is 10.2 Å². The zero-order chi connectivity index (χ0) is 16.8. The van der Waals surface area contributed by atoms with Crippen LogP contribution in [-0.2, 0) is 11.2 Å². The fraction of sp³-hybridized carbons (Fsp3) is 0.650. The van der Waals surface area contributed by atoms with E-state index in [-0.39, 0.29) is 11.7 Å². The van der Waals surface area contributed by atoms with E-state index in [1.807, 2.05) is 12.1 Å². The monoisotopic (exact) mass is 332 g/mol. The first kappa shape index (κ1) is 17.4. The van der Waals surface area contributed by atoms with Crippen molar-refractivity contribution < 1.29 is 9.18 Å². The van der Waals surface area contributed by atoms with Crippen LogP contribution in [0.2, 0.25) is 0 Å². The molecule has 3 nitrogen and oxygen atoms in total. The lowest BCUT2D eigenvalue weighted by Gasteiger charge is -2.29. The van der Waals surface area contributed by atoms with E-state index in [2.05, 4.69) is 10.2 Å². The van der Waals surface area contributed by atoms with Crippen molar-refractivity contribution in [1.82, 2.24) is 10.2 Å². The van der Waals surface area contributed by atoms with Crippen LogP contribution in [0.3, 0.4) is 0 Å². The first-order chi connectivity index (χ1) is 11.7. The van der Waals surface area contributed by atoms with Gasteiger partial charge in [-0.05, 0) is 62.7 Å². The Kier molecular flexibility index (Phi) is 6.24. The van der Waals surface area contributed by atoms with Gasteiger partial charge in [-0.3, -0.25) is 4.79 Å². The van der Waals surface area contributed by atoms with E-state index in [1.165, 1.54) is 25.3 Å². The molecule has 4 heteroatoms. The maximum Gasteiger partial charge on any atom is 0.222 e. The number of hydrogen-bond acceptors (Lipinski definition) is 2. The SMILES string of the molecule is O=C(CCC1CCNC1)N(CCc1ccccc1F)C1CCCC1. The van der Waals surface area contributed by atoms with Gasteiger partial charge in [0.2, 0.25) is 5.91 Å². The largest absolute Gasteiger partial charge is 0.339 e. The van der Waals surface area contributed by atoms with Gasteiger partial charge in [0.05, 0.1) is 0 Å². The van der Waals surface area contributed by atoms with E-state index in [9.17, 15) is 9.18 Å². The maximum atomic E-state index is 13.9. The lowest BCUT2D eigenvalue weighted by molar-refractivity contribution is -0.133. The van der Waals surface area contributed by atoms with E-state index in [1.54, 1.807) is 6.07 Å². The molecule has 1 saturated heterocycles. The van der Waals surface area contributed by atoms with Gasteiger partial charge in [-0.25, -0.2) is 4.39 Å². The van der Waals surface area contributed by atoms with E-state index >= 15 is 0 Å². The van der Waals surface area contributed by atoms with Crippen molar-refractivity contribution >= 4 is 5.91 Å². The highest BCUT2D eigenvalue weighted by atomic mass is 19.1. The zero-order valence-corrected chi connectivity index (χ0v) is 14.5. The molecule has 0 bridgehead atoms. The van der Waals surface area contributed by atoms with Crippen molar-refractivity contribution in [3.05, 3.63) is 35.6 Å². The second-order valence-electron chi connectivity index (χ2n) is 7.26. The number of amides is 1. The van der Waals surface area contributed by atoms with Crippen LogP contribution in [0.1, 0.15) is 50.5 Å². The third kappa shape index (κ3) is 4.56. The molecule has 1 N–H and O–H groups in total. The quantitative estimate of drug-likeness (QED) is 0.828. The highest BCUT2D eigenvalue weighted by molar-refractivity contribution is 5.76. The van der Waals surface area contributed by atoms with Crippen LogP contribution < -0.4 is 5.32 Å². The van der Waals surface area contributed by atoms with Crippen LogP contribution in [0, 0.1) is 11.7 Å². The molecule has 1 heterocycles. The van der Waals surface area contributed by atoms with Gasteiger partial charge in [0, 0.05) is 19.0 Å². The van der Waals surface area contributed by atoms with Gasteiger partial charge in [0.15, 0.2) is 0 Å². The number of carbonyl (C=O) groups is 1. The van der Waals surface area contributed by atoms with E-state index in [4.69, 9.17) is 0 Å². The van der Waals surface area contributed by atoms with Crippen LogP contribution in [0.25, 0.3) is 0 Å². The van der Waals surface area contributed by atoms with Gasteiger partial charge in [0.25, 0.3) is 0 Å². The fourth-order valence-electron chi connectivity index (χ4n) is 4.10. The number of hydrogen-bond donors (Lipinski definition) is 1. The summed E-state index contributed by atoms with van der Waals surface area (Å²) in [5, 5.41) is 3.37. The molecule has 0 radical (unpaired) electrons. The molecule has 132 valence electrons. The van der Waals surface area contributed by atoms with E-state index in [0.29, 0.717) is 36.9 Å². The Morgan fingerprint density at radius 3 is 2.71 bits per heavy atom. The minimum absolute atomic E-state index is 0.159. The first-order valence-corrected chi connectivity index (χ1v) is 9.47. The summed E-state index contributed by atoms with van der Waals surface area (Å²) in [6.07, 6.45) is 8.05. The number of halogens is 1. The average molecular weight is 332 g/mol. The smallest absolute Gasteiger partial charge is 0.222 e. The summed E-state index contributed by atoms with van der Waals surface area (Å²) in [4.78, 5) is 14.9. The Hall–Kier alpha value is -1.42. The van der Waals surface area contributed by atoms with Crippen molar-refractivity contribution in [3.63, 3.8) is 0 Å². The number of rotatable bonds is 7. The second-order valence-corrected chi connectivity index (χ2v) is 7.26. The summed E-state index contributed by atoms with van der Waals surface area (Å²) < 4.78 is 13.9. The molecule has 1 saturated carbocycles. The first-order valence-electron chi connectivity index (χ1n) is 9.47. The van der Waals surface area contributed by atoms with E-state index in [0.717, 1.165) is 32.4 Å². The molecule has 1 aliphatic heterocycles. The molecular formula is C20H29FN2O. The molecular weight excluding hydrogens is 303 g/mol. The molecule has 1 aromatic carbocycles. The predicted molar refractivity (Wildman–Crippen MR) is 94.3 cm³/mol. The molecule has 1 atom stereocenters. The molecule has 3 rings (SSSR count).